The van der Waals surface area contributed by atoms with E-state index < -0.39 is 0 Å². The lowest BCUT2D eigenvalue weighted by Crippen LogP contribution is -2.32. The van der Waals surface area contributed by atoms with E-state index in [1.807, 2.05) is 68.4 Å². The fraction of sp³-hybridized carbons (Fsp3) is 0.278. The van der Waals surface area contributed by atoms with Crippen LogP contribution in [0, 0.1) is 5.92 Å². The Morgan fingerprint density at radius 3 is 2.05 bits per heavy atom. The zero-order valence-corrected chi connectivity index (χ0v) is 12.7. The number of ether oxygens (including phenoxy) is 1. The molecule has 1 N–H and O–H groups in total. The lowest BCUT2D eigenvalue weighted by molar-refractivity contribution is -0.124. The predicted molar refractivity (Wildman–Crippen MR) is 84.3 cm³/mol. The first kappa shape index (κ1) is 15.1. The topological polar surface area (TPSA) is 38.3 Å². The van der Waals surface area contributed by atoms with E-state index in [0.717, 1.165) is 16.9 Å². The highest BCUT2D eigenvalue weighted by Gasteiger charge is 2.18. The van der Waals surface area contributed by atoms with Gasteiger partial charge in [-0.1, -0.05) is 56.3 Å². The van der Waals surface area contributed by atoms with Gasteiger partial charge in [0.25, 0.3) is 0 Å². The largest absolute Gasteiger partial charge is 0.497 e. The predicted octanol–water partition coefficient (Wildman–Crippen LogP) is 3.56. The summed E-state index contributed by atoms with van der Waals surface area (Å²) in [6.07, 6.45) is 0. The second-order valence-electron chi connectivity index (χ2n) is 5.28. The van der Waals surface area contributed by atoms with Crippen molar-refractivity contribution in [2.45, 2.75) is 19.9 Å². The van der Waals surface area contributed by atoms with E-state index in [4.69, 9.17) is 4.74 Å². The Balaban J connectivity index is 2.32. The van der Waals surface area contributed by atoms with Crippen molar-refractivity contribution >= 4 is 5.91 Å². The lowest BCUT2D eigenvalue weighted by atomic mass is 9.98. The fourth-order valence-electron chi connectivity index (χ4n) is 2.11. The molecule has 2 rings (SSSR count). The number of nitrogens with one attached hydrogen (secondary N) is 1. The van der Waals surface area contributed by atoms with Crippen LogP contribution in [0.15, 0.2) is 54.6 Å². The number of amides is 1. The van der Waals surface area contributed by atoms with Crippen LogP contribution in [0.1, 0.15) is 31.0 Å². The summed E-state index contributed by atoms with van der Waals surface area (Å²) in [5, 5.41) is 3.11. The zero-order valence-electron chi connectivity index (χ0n) is 12.7. The Kier molecular flexibility index (Phi) is 4.99. The molecule has 0 aromatic heterocycles. The molecule has 0 saturated heterocycles. The van der Waals surface area contributed by atoms with Crippen LogP contribution >= 0.6 is 0 Å². The van der Waals surface area contributed by atoms with Gasteiger partial charge in [0.05, 0.1) is 13.2 Å². The maximum absolute atomic E-state index is 12.1. The molecule has 3 nitrogen and oxygen atoms in total. The van der Waals surface area contributed by atoms with Gasteiger partial charge in [-0.3, -0.25) is 4.79 Å². The van der Waals surface area contributed by atoms with Gasteiger partial charge in [0.1, 0.15) is 5.75 Å². The number of hydrogen-bond acceptors (Lipinski definition) is 2. The maximum Gasteiger partial charge on any atom is 0.223 e. The first-order valence-electron chi connectivity index (χ1n) is 7.11. The van der Waals surface area contributed by atoms with Crippen molar-refractivity contribution in [3.63, 3.8) is 0 Å². The normalized spacial score (nSPS) is 12.0. The van der Waals surface area contributed by atoms with Crippen molar-refractivity contribution in [1.29, 1.82) is 0 Å². The molecule has 0 bridgehead atoms. The molecule has 0 fully saturated rings. The Morgan fingerprint density at radius 1 is 0.952 bits per heavy atom. The quantitative estimate of drug-likeness (QED) is 0.911. The zero-order chi connectivity index (χ0) is 15.2. The van der Waals surface area contributed by atoms with Gasteiger partial charge in [0.2, 0.25) is 5.91 Å². The summed E-state index contributed by atoms with van der Waals surface area (Å²) >= 11 is 0. The number of methoxy groups -OCH3 is 1. The first-order valence-corrected chi connectivity index (χ1v) is 7.11. The standard InChI is InChI=1S/C18H21NO2/c1-13(2)18(20)19-17(14-7-5-4-6-8-14)15-9-11-16(21-3)12-10-15/h4-13,17H,1-3H3,(H,19,20). The minimum atomic E-state index is -0.146. The van der Waals surface area contributed by atoms with Crippen LogP contribution in [0.4, 0.5) is 0 Å². The second-order valence-corrected chi connectivity index (χ2v) is 5.28. The van der Waals surface area contributed by atoms with Crippen LogP contribution in [-0.4, -0.2) is 13.0 Å². The highest BCUT2D eigenvalue weighted by atomic mass is 16.5. The molecule has 0 spiro atoms. The molecule has 1 amide bonds. The molecule has 0 aliphatic rings. The summed E-state index contributed by atoms with van der Waals surface area (Å²) in [5.74, 6) is 0.801. The molecule has 0 saturated carbocycles. The van der Waals surface area contributed by atoms with Gasteiger partial charge >= 0.3 is 0 Å². The number of benzene rings is 2. The number of hydrogen-bond donors (Lipinski definition) is 1. The van der Waals surface area contributed by atoms with Gasteiger partial charge in [-0.15, -0.1) is 0 Å². The molecule has 3 heteroatoms. The van der Waals surface area contributed by atoms with Crippen molar-refractivity contribution in [3.8, 4) is 5.75 Å². The smallest absolute Gasteiger partial charge is 0.223 e. The summed E-state index contributed by atoms with van der Waals surface area (Å²) in [6, 6.07) is 17.6. The van der Waals surface area contributed by atoms with E-state index in [1.54, 1.807) is 7.11 Å². The van der Waals surface area contributed by atoms with Gasteiger partial charge < -0.3 is 10.1 Å². The van der Waals surface area contributed by atoms with Crippen LogP contribution in [0.5, 0.6) is 5.75 Å². The highest BCUT2D eigenvalue weighted by molar-refractivity contribution is 5.78. The van der Waals surface area contributed by atoms with E-state index in [2.05, 4.69) is 5.32 Å². The monoisotopic (exact) mass is 283 g/mol. The third-order valence-corrected chi connectivity index (χ3v) is 3.39. The van der Waals surface area contributed by atoms with Gasteiger partial charge in [-0.05, 0) is 23.3 Å². The Hall–Kier alpha value is -2.29. The van der Waals surface area contributed by atoms with E-state index in [1.165, 1.54) is 0 Å². The molecular formula is C18H21NO2. The minimum Gasteiger partial charge on any atom is -0.497 e. The third-order valence-electron chi connectivity index (χ3n) is 3.39. The summed E-state index contributed by atoms with van der Waals surface area (Å²) in [6.45, 7) is 3.79. The van der Waals surface area contributed by atoms with Gasteiger partial charge in [0.15, 0.2) is 0 Å². The van der Waals surface area contributed by atoms with Crippen molar-refractivity contribution in [2.75, 3.05) is 7.11 Å². The summed E-state index contributed by atoms with van der Waals surface area (Å²) < 4.78 is 5.19. The second kappa shape index (κ2) is 6.93. The van der Waals surface area contributed by atoms with Crippen molar-refractivity contribution in [2.24, 2.45) is 5.92 Å². The number of carbonyl (C=O) groups is 1. The number of rotatable bonds is 5. The van der Waals surface area contributed by atoms with Crippen molar-refractivity contribution in [1.82, 2.24) is 5.32 Å². The van der Waals surface area contributed by atoms with Crippen molar-refractivity contribution < 1.29 is 9.53 Å². The van der Waals surface area contributed by atoms with Crippen molar-refractivity contribution in [3.05, 3.63) is 65.7 Å². The summed E-state index contributed by atoms with van der Waals surface area (Å²) in [5.41, 5.74) is 2.10. The first-order chi connectivity index (χ1) is 10.1. The Bertz CT molecular complexity index is 576. The molecule has 2 aromatic carbocycles. The molecular weight excluding hydrogens is 262 g/mol. The molecule has 0 radical (unpaired) electrons. The van der Waals surface area contributed by atoms with Crippen LogP contribution in [0.2, 0.25) is 0 Å². The molecule has 0 aliphatic carbocycles. The van der Waals surface area contributed by atoms with Crippen LogP contribution < -0.4 is 10.1 Å². The molecule has 1 atom stereocenters. The molecule has 0 heterocycles. The van der Waals surface area contributed by atoms with E-state index in [9.17, 15) is 4.79 Å². The average Bonchev–Trinajstić information content (AvgIpc) is 2.53. The van der Waals surface area contributed by atoms with Crippen LogP contribution in [-0.2, 0) is 4.79 Å². The minimum absolute atomic E-state index is 0.0414. The summed E-state index contributed by atoms with van der Waals surface area (Å²) in [7, 11) is 1.64. The van der Waals surface area contributed by atoms with E-state index in [-0.39, 0.29) is 17.9 Å². The maximum atomic E-state index is 12.1. The lowest BCUT2D eigenvalue weighted by Gasteiger charge is -2.21. The SMILES string of the molecule is COc1ccc(C(NC(=O)C(C)C)c2ccccc2)cc1. The molecule has 1 unspecified atom stereocenters. The van der Waals surface area contributed by atoms with Gasteiger partial charge in [-0.2, -0.15) is 0 Å². The van der Waals surface area contributed by atoms with Gasteiger partial charge in [-0.25, -0.2) is 0 Å². The third kappa shape index (κ3) is 3.85. The molecule has 2 aromatic rings. The molecule has 110 valence electrons. The fourth-order valence-corrected chi connectivity index (χ4v) is 2.11. The average molecular weight is 283 g/mol. The van der Waals surface area contributed by atoms with E-state index in [0.29, 0.717) is 0 Å². The number of carbonyl (C=O) groups excluding carboxylic acids is 1. The van der Waals surface area contributed by atoms with Gasteiger partial charge in [0, 0.05) is 5.92 Å². The molecule has 0 aliphatic heterocycles. The Labute approximate surface area is 126 Å². The molecule has 21 heavy (non-hydrogen) atoms. The highest BCUT2D eigenvalue weighted by Crippen LogP contribution is 2.24. The van der Waals surface area contributed by atoms with Crippen LogP contribution in [0.25, 0.3) is 0 Å². The van der Waals surface area contributed by atoms with Crippen LogP contribution in [0.3, 0.4) is 0 Å². The summed E-state index contributed by atoms with van der Waals surface area (Å²) in [4.78, 5) is 12.1. The Morgan fingerprint density at radius 2 is 1.52 bits per heavy atom. The van der Waals surface area contributed by atoms with E-state index >= 15 is 0 Å².